The number of nitrogens with one attached hydrogen (secondary N) is 1. The molecule has 0 unspecified atom stereocenters. The van der Waals surface area contributed by atoms with E-state index in [1.807, 2.05) is 30.3 Å². The van der Waals surface area contributed by atoms with Gasteiger partial charge in [0.25, 0.3) is 5.91 Å². The number of thiophene rings is 1. The molecule has 26 heavy (non-hydrogen) atoms. The van der Waals surface area contributed by atoms with Crippen LogP contribution in [0, 0.1) is 13.8 Å². The lowest BCUT2D eigenvalue weighted by molar-refractivity contribution is 0.0953. The Balaban J connectivity index is 1.98. The van der Waals surface area contributed by atoms with Crippen LogP contribution < -0.4 is 11.1 Å². The fourth-order valence-corrected chi connectivity index (χ4v) is 4.24. The van der Waals surface area contributed by atoms with Crippen molar-refractivity contribution in [3.8, 4) is 11.1 Å². The maximum Gasteiger partial charge on any atom is 0.255 e. The predicted molar refractivity (Wildman–Crippen MR) is 111 cm³/mol. The van der Waals surface area contributed by atoms with Gasteiger partial charge in [0.1, 0.15) is 0 Å². The van der Waals surface area contributed by atoms with Crippen LogP contribution in [-0.4, -0.2) is 5.91 Å². The molecular weight excluding hydrogens is 340 g/mol. The highest BCUT2D eigenvalue weighted by molar-refractivity contribution is 7.17. The maximum atomic E-state index is 13.0. The largest absolute Gasteiger partial charge is 0.390 e. The Labute approximate surface area is 158 Å². The Kier molecular flexibility index (Phi) is 5.43. The lowest BCUT2D eigenvalue weighted by atomic mass is 9.94. The number of carbonyl (C=O) groups is 1. The van der Waals surface area contributed by atoms with E-state index in [1.54, 1.807) is 0 Å². The van der Waals surface area contributed by atoms with Gasteiger partial charge in [-0.25, -0.2) is 0 Å². The monoisotopic (exact) mass is 364 g/mol. The summed E-state index contributed by atoms with van der Waals surface area (Å²) >= 11 is 1.52. The first kappa shape index (κ1) is 18.2. The molecule has 0 aliphatic rings. The van der Waals surface area contributed by atoms with Gasteiger partial charge in [-0.2, -0.15) is 0 Å². The first-order valence-corrected chi connectivity index (χ1v) is 9.63. The number of anilines is 1. The molecule has 0 fully saturated rings. The second-order valence-electron chi connectivity index (χ2n) is 6.48. The van der Waals surface area contributed by atoms with Crippen molar-refractivity contribution >= 4 is 22.2 Å². The van der Waals surface area contributed by atoms with Crippen LogP contribution in [0.4, 0.5) is 5.00 Å². The van der Waals surface area contributed by atoms with Crippen molar-refractivity contribution in [3.05, 3.63) is 75.7 Å². The summed E-state index contributed by atoms with van der Waals surface area (Å²) in [5.74, 6) is -0.114. The van der Waals surface area contributed by atoms with Gasteiger partial charge in [0.15, 0.2) is 0 Å². The zero-order valence-corrected chi connectivity index (χ0v) is 16.2. The average molecular weight is 365 g/mol. The molecule has 0 aliphatic heterocycles. The van der Waals surface area contributed by atoms with Gasteiger partial charge in [0.2, 0.25) is 0 Å². The van der Waals surface area contributed by atoms with Gasteiger partial charge in [-0.05, 0) is 37.0 Å². The molecule has 3 N–H and O–H groups in total. The van der Waals surface area contributed by atoms with E-state index in [2.05, 4.69) is 44.3 Å². The standard InChI is InChI=1S/C22H24N2OS/c1-4-18-19(17-11-10-14(2)12-15(17)3)20(21(23)26-18)22(25)24-13-16-8-6-5-7-9-16/h5-12H,4,13,23H2,1-3H3,(H,24,25). The molecule has 3 nitrogen and oxygen atoms in total. The topological polar surface area (TPSA) is 55.1 Å². The summed E-state index contributed by atoms with van der Waals surface area (Å²) in [6.07, 6.45) is 0.851. The molecule has 1 heterocycles. The molecule has 134 valence electrons. The quantitative estimate of drug-likeness (QED) is 0.661. The first-order valence-electron chi connectivity index (χ1n) is 8.82. The molecule has 1 amide bonds. The summed E-state index contributed by atoms with van der Waals surface area (Å²) in [5, 5.41) is 3.61. The van der Waals surface area contributed by atoms with Crippen molar-refractivity contribution in [3.63, 3.8) is 0 Å². The van der Waals surface area contributed by atoms with Crippen molar-refractivity contribution in [2.24, 2.45) is 0 Å². The number of nitrogens with two attached hydrogens (primary N) is 1. The van der Waals surface area contributed by atoms with Crippen LogP contribution in [0.15, 0.2) is 48.5 Å². The highest BCUT2D eigenvalue weighted by Crippen LogP contribution is 2.40. The van der Waals surface area contributed by atoms with Crippen LogP contribution >= 0.6 is 11.3 Å². The number of hydrogen-bond donors (Lipinski definition) is 2. The van der Waals surface area contributed by atoms with Crippen molar-refractivity contribution in [2.75, 3.05) is 5.73 Å². The van der Waals surface area contributed by atoms with Gasteiger partial charge in [-0.15, -0.1) is 11.3 Å². The Hall–Kier alpha value is -2.59. The minimum Gasteiger partial charge on any atom is -0.390 e. The third kappa shape index (κ3) is 3.65. The predicted octanol–water partition coefficient (Wildman–Crippen LogP) is 5.11. The Morgan fingerprint density at radius 3 is 2.50 bits per heavy atom. The van der Waals surface area contributed by atoms with Gasteiger partial charge in [-0.1, -0.05) is 61.0 Å². The van der Waals surface area contributed by atoms with E-state index in [4.69, 9.17) is 5.73 Å². The van der Waals surface area contributed by atoms with Gasteiger partial charge in [0, 0.05) is 17.0 Å². The molecule has 0 saturated carbocycles. The minimum absolute atomic E-state index is 0.114. The van der Waals surface area contributed by atoms with E-state index < -0.39 is 0 Å². The van der Waals surface area contributed by atoms with E-state index in [9.17, 15) is 4.79 Å². The number of nitrogen functional groups attached to an aromatic ring is 1. The van der Waals surface area contributed by atoms with E-state index in [1.165, 1.54) is 16.9 Å². The highest BCUT2D eigenvalue weighted by atomic mass is 32.1. The summed E-state index contributed by atoms with van der Waals surface area (Å²) in [6.45, 7) is 6.75. The fraction of sp³-hybridized carbons (Fsp3) is 0.227. The maximum absolute atomic E-state index is 13.0. The molecule has 2 aromatic carbocycles. The Morgan fingerprint density at radius 1 is 1.12 bits per heavy atom. The zero-order valence-electron chi connectivity index (χ0n) is 15.4. The lowest BCUT2D eigenvalue weighted by Crippen LogP contribution is -2.23. The summed E-state index contributed by atoms with van der Waals surface area (Å²) < 4.78 is 0. The van der Waals surface area contributed by atoms with Crippen LogP contribution in [0.2, 0.25) is 0 Å². The molecule has 3 rings (SSSR count). The van der Waals surface area contributed by atoms with Crippen LogP contribution in [0.25, 0.3) is 11.1 Å². The van der Waals surface area contributed by atoms with Crippen molar-refractivity contribution in [1.82, 2.24) is 5.32 Å². The van der Waals surface area contributed by atoms with Crippen molar-refractivity contribution < 1.29 is 4.79 Å². The Morgan fingerprint density at radius 2 is 1.85 bits per heavy atom. The zero-order chi connectivity index (χ0) is 18.7. The molecule has 1 aromatic heterocycles. The first-order chi connectivity index (χ1) is 12.5. The van der Waals surface area contributed by atoms with E-state index in [0.29, 0.717) is 17.1 Å². The highest BCUT2D eigenvalue weighted by Gasteiger charge is 2.23. The second-order valence-corrected chi connectivity index (χ2v) is 7.62. The molecule has 0 saturated heterocycles. The van der Waals surface area contributed by atoms with E-state index >= 15 is 0 Å². The summed E-state index contributed by atoms with van der Waals surface area (Å²) in [4.78, 5) is 14.1. The molecule has 4 heteroatoms. The third-order valence-electron chi connectivity index (χ3n) is 4.50. The molecule has 3 aromatic rings. The molecule has 0 bridgehead atoms. The van der Waals surface area contributed by atoms with E-state index in [-0.39, 0.29) is 5.91 Å². The minimum atomic E-state index is -0.114. The number of aryl methyl sites for hydroxylation is 3. The SMILES string of the molecule is CCc1sc(N)c(C(=O)NCc2ccccc2)c1-c1ccc(C)cc1C. The van der Waals surface area contributed by atoms with Gasteiger partial charge in [0.05, 0.1) is 10.6 Å². The van der Waals surface area contributed by atoms with Gasteiger partial charge in [-0.3, -0.25) is 4.79 Å². The summed E-state index contributed by atoms with van der Waals surface area (Å²) in [5.41, 5.74) is 12.4. The van der Waals surface area contributed by atoms with Crippen molar-refractivity contribution in [1.29, 1.82) is 0 Å². The lowest BCUT2D eigenvalue weighted by Gasteiger charge is -2.12. The molecule has 0 radical (unpaired) electrons. The smallest absolute Gasteiger partial charge is 0.255 e. The molecule has 0 atom stereocenters. The number of amides is 1. The molecule has 0 spiro atoms. The Bertz CT molecular complexity index is 929. The van der Waals surface area contributed by atoms with Crippen molar-refractivity contribution in [2.45, 2.75) is 33.7 Å². The number of rotatable bonds is 5. The fourth-order valence-electron chi connectivity index (χ4n) is 3.22. The van der Waals surface area contributed by atoms with Crippen LogP contribution in [0.3, 0.4) is 0 Å². The molecular formula is C22H24N2OS. The second kappa shape index (κ2) is 7.75. The number of benzene rings is 2. The normalized spacial score (nSPS) is 10.7. The third-order valence-corrected chi connectivity index (χ3v) is 5.67. The van der Waals surface area contributed by atoms with Gasteiger partial charge < -0.3 is 11.1 Å². The summed E-state index contributed by atoms with van der Waals surface area (Å²) in [6, 6.07) is 16.2. The number of hydrogen-bond acceptors (Lipinski definition) is 3. The average Bonchev–Trinajstić information content (AvgIpc) is 2.97. The van der Waals surface area contributed by atoms with Crippen LogP contribution in [-0.2, 0) is 13.0 Å². The number of carbonyl (C=O) groups excluding carboxylic acids is 1. The summed E-state index contributed by atoms with van der Waals surface area (Å²) in [7, 11) is 0. The van der Waals surface area contributed by atoms with Crippen LogP contribution in [0.1, 0.15) is 38.8 Å². The molecule has 0 aliphatic carbocycles. The van der Waals surface area contributed by atoms with Gasteiger partial charge >= 0.3 is 0 Å². The van der Waals surface area contributed by atoms with E-state index in [0.717, 1.165) is 33.6 Å². The van der Waals surface area contributed by atoms with Crippen LogP contribution in [0.5, 0.6) is 0 Å².